The molecule has 0 spiro atoms. The molecular formula is C21H19N3O4. The highest BCUT2D eigenvalue weighted by atomic mass is 16.3. The molecule has 0 aliphatic rings. The second-order valence-electron chi connectivity index (χ2n) is 5.99. The summed E-state index contributed by atoms with van der Waals surface area (Å²) in [5.41, 5.74) is 6.68. The van der Waals surface area contributed by atoms with Gasteiger partial charge in [-0.2, -0.15) is 0 Å². The summed E-state index contributed by atoms with van der Waals surface area (Å²) >= 11 is 0. The van der Waals surface area contributed by atoms with Crippen LogP contribution in [0.5, 0.6) is 0 Å². The van der Waals surface area contributed by atoms with Crippen LogP contribution in [0, 0.1) is 0 Å². The van der Waals surface area contributed by atoms with Gasteiger partial charge in [0.25, 0.3) is 5.91 Å². The monoisotopic (exact) mass is 377 g/mol. The number of rotatable bonds is 5. The first-order valence-electron chi connectivity index (χ1n) is 8.66. The fourth-order valence-corrected chi connectivity index (χ4v) is 2.61. The van der Waals surface area contributed by atoms with Crippen molar-refractivity contribution in [3.05, 3.63) is 95.4 Å². The van der Waals surface area contributed by atoms with Crippen LogP contribution < -0.4 is 16.2 Å². The number of furan rings is 1. The Balaban J connectivity index is 1.56. The number of carbonyl (C=O) groups is 3. The van der Waals surface area contributed by atoms with Gasteiger partial charge in [0.05, 0.1) is 12.8 Å². The van der Waals surface area contributed by atoms with E-state index in [0.717, 1.165) is 11.1 Å². The number of hydrogen-bond donors (Lipinski definition) is 3. The van der Waals surface area contributed by atoms with Gasteiger partial charge in [0.2, 0.25) is 0 Å². The first kappa shape index (κ1) is 18.9. The molecule has 3 rings (SSSR count). The normalized spacial score (nSPS) is 10.1. The largest absolute Gasteiger partial charge is 0.467 e. The Morgan fingerprint density at radius 1 is 0.786 bits per heavy atom. The lowest BCUT2D eigenvalue weighted by atomic mass is 9.99. The highest BCUT2D eigenvalue weighted by molar-refractivity contribution is 6.35. The maximum atomic E-state index is 12.5. The molecule has 0 bridgehead atoms. The zero-order valence-corrected chi connectivity index (χ0v) is 15.0. The van der Waals surface area contributed by atoms with Crippen LogP contribution >= 0.6 is 0 Å². The van der Waals surface area contributed by atoms with Gasteiger partial charge in [-0.15, -0.1) is 0 Å². The van der Waals surface area contributed by atoms with Crippen molar-refractivity contribution in [3.8, 4) is 0 Å². The van der Waals surface area contributed by atoms with E-state index in [1.54, 1.807) is 24.3 Å². The van der Waals surface area contributed by atoms with Gasteiger partial charge in [-0.1, -0.05) is 48.5 Å². The molecule has 2 aromatic carbocycles. The molecule has 1 aromatic heterocycles. The van der Waals surface area contributed by atoms with Crippen molar-refractivity contribution in [1.82, 2.24) is 16.2 Å². The second-order valence-corrected chi connectivity index (χ2v) is 5.99. The predicted molar refractivity (Wildman–Crippen MR) is 102 cm³/mol. The predicted octanol–water partition coefficient (Wildman–Crippen LogP) is 1.95. The molecule has 0 saturated carbocycles. The minimum absolute atomic E-state index is 0.0765. The summed E-state index contributed by atoms with van der Waals surface area (Å²) in [5, 5.41) is 2.40. The van der Waals surface area contributed by atoms with Gasteiger partial charge in [-0.05, 0) is 35.7 Å². The molecular weight excluding hydrogens is 358 g/mol. The number of carbonyl (C=O) groups excluding carboxylic acids is 3. The molecule has 3 N–H and O–H groups in total. The average molecular weight is 377 g/mol. The Labute approximate surface area is 161 Å². The van der Waals surface area contributed by atoms with E-state index in [-0.39, 0.29) is 6.54 Å². The molecule has 142 valence electrons. The molecule has 1 heterocycles. The summed E-state index contributed by atoms with van der Waals surface area (Å²) in [4.78, 5) is 36.1. The average Bonchev–Trinajstić information content (AvgIpc) is 3.25. The molecule has 0 fully saturated rings. The van der Waals surface area contributed by atoms with Gasteiger partial charge in [0.15, 0.2) is 0 Å². The van der Waals surface area contributed by atoms with E-state index in [1.165, 1.54) is 6.26 Å². The zero-order valence-electron chi connectivity index (χ0n) is 15.0. The molecule has 28 heavy (non-hydrogen) atoms. The lowest BCUT2D eigenvalue weighted by molar-refractivity contribution is -0.139. The fraction of sp³-hybridized carbons (Fsp3) is 0.0952. The van der Waals surface area contributed by atoms with Crippen molar-refractivity contribution in [2.24, 2.45) is 0 Å². The van der Waals surface area contributed by atoms with E-state index in [1.807, 2.05) is 42.5 Å². The van der Waals surface area contributed by atoms with Gasteiger partial charge in [-0.25, -0.2) is 0 Å². The first-order chi connectivity index (χ1) is 13.6. The summed E-state index contributed by atoms with van der Waals surface area (Å²) in [6.45, 7) is 0.0765. The van der Waals surface area contributed by atoms with E-state index in [4.69, 9.17) is 4.42 Å². The molecule has 0 saturated heterocycles. The maximum absolute atomic E-state index is 12.5. The van der Waals surface area contributed by atoms with E-state index in [9.17, 15) is 14.4 Å². The van der Waals surface area contributed by atoms with Crippen LogP contribution in [0.25, 0.3) is 0 Å². The lowest BCUT2D eigenvalue weighted by Crippen LogP contribution is -2.48. The van der Waals surface area contributed by atoms with Crippen molar-refractivity contribution in [3.63, 3.8) is 0 Å². The molecule has 0 unspecified atom stereocenters. The Bertz CT molecular complexity index is 953. The maximum Gasteiger partial charge on any atom is 0.327 e. The molecule has 7 heteroatoms. The molecule has 0 aliphatic heterocycles. The van der Waals surface area contributed by atoms with Crippen molar-refractivity contribution in [2.45, 2.75) is 13.0 Å². The van der Waals surface area contributed by atoms with Crippen LogP contribution in [0.3, 0.4) is 0 Å². The van der Waals surface area contributed by atoms with Gasteiger partial charge in [0.1, 0.15) is 5.76 Å². The molecule has 0 aliphatic carbocycles. The number of amides is 3. The zero-order chi connectivity index (χ0) is 19.8. The number of hydrogen-bond acceptors (Lipinski definition) is 4. The first-order valence-corrected chi connectivity index (χ1v) is 8.66. The molecule has 0 radical (unpaired) electrons. The van der Waals surface area contributed by atoms with Gasteiger partial charge < -0.3 is 9.73 Å². The summed E-state index contributed by atoms with van der Waals surface area (Å²) in [6, 6.07) is 20.2. The third-order valence-corrected chi connectivity index (χ3v) is 4.00. The fourth-order valence-electron chi connectivity index (χ4n) is 2.61. The smallest absolute Gasteiger partial charge is 0.327 e. The number of hydrazine groups is 1. The van der Waals surface area contributed by atoms with Crippen molar-refractivity contribution in [1.29, 1.82) is 0 Å². The van der Waals surface area contributed by atoms with Crippen LogP contribution in [-0.4, -0.2) is 17.7 Å². The SMILES string of the molecule is O=C(NCc1ccco1)C(=O)NNC(=O)c1ccccc1Cc1ccccc1. The molecule has 7 nitrogen and oxygen atoms in total. The molecule has 3 amide bonds. The Morgan fingerprint density at radius 2 is 1.54 bits per heavy atom. The Morgan fingerprint density at radius 3 is 2.29 bits per heavy atom. The van der Waals surface area contributed by atoms with Gasteiger partial charge in [0, 0.05) is 5.56 Å². The van der Waals surface area contributed by atoms with Crippen molar-refractivity contribution >= 4 is 17.7 Å². The van der Waals surface area contributed by atoms with E-state index >= 15 is 0 Å². The summed E-state index contributed by atoms with van der Waals surface area (Å²) < 4.78 is 5.07. The van der Waals surface area contributed by atoms with Crippen LogP contribution in [-0.2, 0) is 22.6 Å². The minimum Gasteiger partial charge on any atom is -0.467 e. The summed E-state index contributed by atoms with van der Waals surface area (Å²) in [5.74, 6) is -1.84. The van der Waals surface area contributed by atoms with Crippen molar-refractivity contribution in [2.75, 3.05) is 0 Å². The quantitative estimate of drug-likeness (QED) is 0.467. The third-order valence-electron chi connectivity index (χ3n) is 4.00. The minimum atomic E-state index is -0.972. The number of benzene rings is 2. The van der Waals surface area contributed by atoms with Gasteiger partial charge >= 0.3 is 11.8 Å². The van der Waals surface area contributed by atoms with E-state index in [2.05, 4.69) is 16.2 Å². The number of nitrogens with one attached hydrogen (secondary N) is 3. The topological polar surface area (TPSA) is 100 Å². The van der Waals surface area contributed by atoms with Crippen LogP contribution in [0.4, 0.5) is 0 Å². The van der Waals surface area contributed by atoms with Crippen LogP contribution in [0.1, 0.15) is 27.2 Å². The van der Waals surface area contributed by atoms with Crippen LogP contribution in [0.2, 0.25) is 0 Å². The Hall–Kier alpha value is -3.87. The lowest BCUT2D eigenvalue weighted by Gasteiger charge is -2.11. The van der Waals surface area contributed by atoms with Crippen LogP contribution in [0.15, 0.2) is 77.4 Å². The summed E-state index contributed by atoms with van der Waals surface area (Å²) in [6.07, 6.45) is 2.04. The highest BCUT2D eigenvalue weighted by Gasteiger charge is 2.16. The highest BCUT2D eigenvalue weighted by Crippen LogP contribution is 2.14. The van der Waals surface area contributed by atoms with Gasteiger partial charge in [-0.3, -0.25) is 25.2 Å². The molecule has 0 atom stereocenters. The second kappa shape index (κ2) is 9.18. The Kier molecular flexibility index (Phi) is 6.20. The van der Waals surface area contributed by atoms with E-state index < -0.39 is 17.7 Å². The van der Waals surface area contributed by atoms with Crippen molar-refractivity contribution < 1.29 is 18.8 Å². The summed E-state index contributed by atoms with van der Waals surface area (Å²) in [7, 11) is 0. The standard InChI is InChI=1S/C21H19N3O4/c25-19(23-24-21(27)20(26)22-14-17-10-6-12-28-17)18-11-5-4-9-16(18)13-15-7-2-1-3-8-15/h1-12H,13-14H2,(H,22,26)(H,23,25)(H,24,27). The molecule has 3 aromatic rings. The third kappa shape index (κ3) is 5.07. The van der Waals surface area contributed by atoms with E-state index in [0.29, 0.717) is 17.7 Å².